The van der Waals surface area contributed by atoms with Crippen LogP contribution < -0.4 is 4.74 Å². The second kappa shape index (κ2) is 7.26. The van der Waals surface area contributed by atoms with Crippen LogP contribution in [-0.2, 0) is 18.0 Å². The molecule has 1 aliphatic rings. The van der Waals surface area contributed by atoms with Crippen LogP contribution >= 0.6 is 0 Å². The van der Waals surface area contributed by atoms with Gasteiger partial charge in [-0.2, -0.15) is 13.2 Å². The van der Waals surface area contributed by atoms with Gasteiger partial charge in [0, 0.05) is 31.9 Å². The Bertz CT molecular complexity index is 973. The minimum absolute atomic E-state index is 0.00550. The molecule has 1 unspecified atom stereocenters. The maximum atomic E-state index is 12.9. The maximum Gasteiger partial charge on any atom is 0.416 e. The van der Waals surface area contributed by atoms with Crippen LogP contribution in [0.1, 0.15) is 37.8 Å². The highest BCUT2D eigenvalue weighted by Crippen LogP contribution is 2.40. The molecule has 0 saturated heterocycles. The van der Waals surface area contributed by atoms with E-state index >= 15 is 0 Å². The fourth-order valence-corrected chi connectivity index (χ4v) is 3.17. The van der Waals surface area contributed by atoms with Crippen LogP contribution in [-0.4, -0.2) is 20.5 Å². The van der Waals surface area contributed by atoms with Crippen molar-refractivity contribution in [3.8, 4) is 11.8 Å². The van der Waals surface area contributed by atoms with E-state index in [-0.39, 0.29) is 23.5 Å². The van der Waals surface area contributed by atoms with Crippen LogP contribution in [0.4, 0.5) is 13.2 Å². The Kier molecular flexibility index (Phi) is 5.14. The monoisotopic (exact) mass is 391 g/mol. The number of hydrogen-bond donors (Lipinski definition) is 0. The van der Waals surface area contributed by atoms with E-state index < -0.39 is 11.7 Å². The van der Waals surface area contributed by atoms with Gasteiger partial charge in [0.2, 0.25) is 11.8 Å². The van der Waals surface area contributed by atoms with Crippen molar-refractivity contribution in [2.75, 3.05) is 0 Å². The molecule has 0 aromatic carbocycles. The van der Waals surface area contributed by atoms with Gasteiger partial charge in [-0.05, 0) is 43.4 Å². The molecule has 0 amide bonds. The topological polar surface area (TPSA) is 57.0 Å². The molecule has 0 saturated carbocycles. The lowest BCUT2D eigenvalue weighted by atomic mass is 9.78. The zero-order chi connectivity index (χ0) is 20.6. The Morgan fingerprint density at radius 1 is 1.36 bits per heavy atom. The SMILES string of the molecule is C=C(C)C1CC(=O)C(C)=C(c2cn(C)nc2Oc2cc(C(F)(F)F)ccn2)C1. The Labute approximate surface area is 160 Å². The lowest BCUT2D eigenvalue weighted by molar-refractivity contribution is -0.137. The van der Waals surface area contributed by atoms with E-state index in [0.29, 0.717) is 24.0 Å². The van der Waals surface area contributed by atoms with Gasteiger partial charge in [-0.3, -0.25) is 9.48 Å². The number of carbonyl (C=O) groups is 1. The van der Waals surface area contributed by atoms with Gasteiger partial charge in [-0.25, -0.2) is 4.98 Å². The summed E-state index contributed by atoms with van der Waals surface area (Å²) in [5.41, 5.74) is 1.98. The predicted octanol–water partition coefficient (Wildman–Crippen LogP) is 4.95. The summed E-state index contributed by atoms with van der Waals surface area (Å²) in [7, 11) is 1.67. The van der Waals surface area contributed by atoms with Gasteiger partial charge in [0.05, 0.1) is 11.1 Å². The molecule has 0 aliphatic heterocycles. The number of nitrogens with zero attached hydrogens (tertiary/aromatic N) is 3. The Morgan fingerprint density at radius 2 is 2.07 bits per heavy atom. The third-order valence-electron chi connectivity index (χ3n) is 4.83. The van der Waals surface area contributed by atoms with Crippen LogP contribution in [0.2, 0.25) is 0 Å². The number of ketones is 1. The first-order chi connectivity index (χ1) is 13.1. The molecule has 2 aromatic heterocycles. The lowest BCUT2D eigenvalue weighted by Crippen LogP contribution is -2.18. The number of pyridine rings is 1. The molecule has 2 aromatic rings. The summed E-state index contributed by atoms with van der Waals surface area (Å²) in [6.07, 6.45) is -0.790. The third-order valence-corrected chi connectivity index (χ3v) is 4.83. The van der Waals surface area contributed by atoms with Gasteiger partial charge < -0.3 is 4.74 Å². The van der Waals surface area contributed by atoms with E-state index in [1.54, 1.807) is 20.2 Å². The predicted molar refractivity (Wildman–Crippen MR) is 97.7 cm³/mol. The molecule has 28 heavy (non-hydrogen) atoms. The number of halogens is 3. The van der Waals surface area contributed by atoms with E-state index in [0.717, 1.165) is 29.5 Å². The summed E-state index contributed by atoms with van der Waals surface area (Å²) in [5.74, 6) is -0.0855. The van der Waals surface area contributed by atoms with E-state index in [2.05, 4.69) is 16.7 Å². The van der Waals surface area contributed by atoms with E-state index in [1.807, 2.05) is 6.92 Å². The zero-order valence-electron chi connectivity index (χ0n) is 15.8. The molecule has 3 rings (SSSR count). The molecule has 148 valence electrons. The number of aryl methyl sites for hydroxylation is 1. The smallest absolute Gasteiger partial charge is 0.416 e. The average Bonchev–Trinajstić information content (AvgIpc) is 2.96. The third kappa shape index (κ3) is 4.00. The molecule has 1 aliphatic carbocycles. The lowest BCUT2D eigenvalue weighted by Gasteiger charge is -2.25. The number of carbonyl (C=O) groups excluding carboxylic acids is 1. The summed E-state index contributed by atoms with van der Waals surface area (Å²) in [6.45, 7) is 7.57. The first kappa shape index (κ1) is 19.9. The highest BCUT2D eigenvalue weighted by atomic mass is 19.4. The fraction of sp³-hybridized carbons (Fsp3) is 0.350. The van der Waals surface area contributed by atoms with E-state index in [9.17, 15) is 18.0 Å². The number of rotatable bonds is 4. The molecule has 0 radical (unpaired) electrons. The first-order valence-corrected chi connectivity index (χ1v) is 8.69. The summed E-state index contributed by atoms with van der Waals surface area (Å²) < 4.78 is 45.9. The number of hydrogen-bond acceptors (Lipinski definition) is 4. The van der Waals surface area contributed by atoms with E-state index in [4.69, 9.17) is 4.74 Å². The number of aromatic nitrogens is 3. The van der Waals surface area contributed by atoms with Crippen LogP contribution in [0.5, 0.6) is 11.8 Å². The van der Waals surface area contributed by atoms with Gasteiger partial charge in [0.25, 0.3) is 0 Å². The number of alkyl halides is 3. The standard InChI is InChI=1S/C20H20F3N3O2/c1-11(2)13-7-15(12(3)17(27)8-13)16-10-26(4)25-19(16)28-18-9-14(5-6-24-18)20(21,22)23/h5-6,9-10,13H,1,7-8H2,2-4H3. The van der Waals surface area contributed by atoms with Gasteiger partial charge >= 0.3 is 6.18 Å². The van der Waals surface area contributed by atoms with Crippen molar-refractivity contribution in [2.45, 2.75) is 32.9 Å². The molecule has 0 bridgehead atoms. The van der Waals surface area contributed by atoms with Crippen LogP contribution in [0.25, 0.3) is 5.57 Å². The number of ether oxygens (including phenoxy) is 1. The van der Waals surface area contributed by atoms with Crippen LogP contribution in [0.3, 0.4) is 0 Å². The van der Waals surface area contributed by atoms with Gasteiger partial charge in [-0.15, -0.1) is 5.10 Å². The molecule has 8 heteroatoms. The van der Waals surface area contributed by atoms with Crippen molar-refractivity contribution in [2.24, 2.45) is 13.0 Å². The Balaban J connectivity index is 1.99. The minimum atomic E-state index is -4.50. The van der Waals surface area contributed by atoms with Crippen molar-refractivity contribution in [1.82, 2.24) is 14.8 Å². The van der Waals surface area contributed by atoms with Crippen LogP contribution in [0.15, 0.2) is 42.3 Å². The highest BCUT2D eigenvalue weighted by Gasteiger charge is 2.32. The normalized spacial score (nSPS) is 17.8. The second-order valence-electron chi connectivity index (χ2n) is 6.98. The zero-order valence-corrected chi connectivity index (χ0v) is 15.8. The Hall–Kier alpha value is -2.90. The summed E-state index contributed by atoms with van der Waals surface area (Å²) in [5, 5.41) is 4.21. The van der Waals surface area contributed by atoms with Crippen molar-refractivity contribution in [3.05, 3.63) is 53.4 Å². The summed E-state index contributed by atoms with van der Waals surface area (Å²) >= 11 is 0. The van der Waals surface area contributed by atoms with Crippen molar-refractivity contribution in [1.29, 1.82) is 0 Å². The summed E-state index contributed by atoms with van der Waals surface area (Å²) in [6, 6.07) is 1.69. The average molecular weight is 391 g/mol. The molecule has 0 fully saturated rings. The van der Waals surface area contributed by atoms with Crippen molar-refractivity contribution >= 4 is 11.4 Å². The van der Waals surface area contributed by atoms with Gasteiger partial charge in [0.1, 0.15) is 0 Å². The number of Topliss-reactive ketones (excluding diaryl/α,β-unsaturated/α-hetero) is 1. The second-order valence-corrected chi connectivity index (χ2v) is 6.98. The molecular formula is C20H20F3N3O2. The van der Waals surface area contributed by atoms with E-state index in [1.165, 1.54) is 4.68 Å². The molecule has 0 spiro atoms. The summed E-state index contributed by atoms with van der Waals surface area (Å²) in [4.78, 5) is 16.3. The van der Waals surface area contributed by atoms with Crippen molar-refractivity contribution < 1.29 is 22.7 Å². The van der Waals surface area contributed by atoms with Crippen LogP contribution in [0, 0.1) is 5.92 Å². The highest BCUT2D eigenvalue weighted by molar-refractivity contribution is 6.04. The molecule has 1 atom stereocenters. The molecule has 5 nitrogen and oxygen atoms in total. The number of allylic oxidation sites excluding steroid dienone is 3. The largest absolute Gasteiger partial charge is 0.418 e. The van der Waals surface area contributed by atoms with Crippen molar-refractivity contribution in [3.63, 3.8) is 0 Å². The van der Waals surface area contributed by atoms with Gasteiger partial charge in [-0.1, -0.05) is 12.2 Å². The maximum absolute atomic E-state index is 12.9. The first-order valence-electron chi connectivity index (χ1n) is 8.69. The van der Waals surface area contributed by atoms with Gasteiger partial charge in [0.15, 0.2) is 5.78 Å². The molecule has 2 heterocycles. The fourth-order valence-electron chi connectivity index (χ4n) is 3.17. The minimum Gasteiger partial charge on any atom is -0.418 e. The molecule has 0 N–H and O–H groups in total. The quantitative estimate of drug-likeness (QED) is 0.692. The Morgan fingerprint density at radius 3 is 2.71 bits per heavy atom. The molecular weight excluding hydrogens is 371 g/mol.